The highest BCUT2D eigenvalue weighted by Gasteiger charge is 2.53. The molecule has 3 atom stereocenters. The number of methoxy groups -OCH3 is 1. The van der Waals surface area contributed by atoms with E-state index in [-0.39, 0.29) is 0 Å². The number of likely N-dealkylation sites (N-methyl/N-ethyl adjacent to an activating group) is 1. The Morgan fingerprint density at radius 1 is 1.29 bits per heavy atom. The highest BCUT2D eigenvalue weighted by Crippen LogP contribution is 2.56. The first-order valence-electron chi connectivity index (χ1n) is 8.23. The fourth-order valence-electron chi connectivity index (χ4n) is 5.36. The molecule has 4 rings (SSSR count). The maximum Gasteiger partial charge on any atom is 0.132 e. The molecule has 2 fully saturated rings. The van der Waals surface area contributed by atoms with Crippen molar-refractivity contribution in [3.05, 3.63) is 26.8 Å². The molecule has 3 aliphatic rings. The molecule has 2 aliphatic carbocycles. The third-order valence-electron chi connectivity index (χ3n) is 6.38. The van der Waals surface area contributed by atoms with Crippen LogP contribution in [0.2, 0.25) is 0 Å². The van der Waals surface area contributed by atoms with Crippen molar-refractivity contribution in [3.63, 3.8) is 0 Å². The molecule has 1 heterocycles. The van der Waals surface area contributed by atoms with Crippen LogP contribution in [0.3, 0.4) is 0 Å². The predicted octanol–water partition coefficient (Wildman–Crippen LogP) is 3.99. The van der Waals surface area contributed by atoms with Crippen molar-refractivity contribution in [1.29, 1.82) is 0 Å². The average Bonchev–Trinajstić information content (AvgIpc) is 2.50. The van der Waals surface area contributed by atoms with Crippen molar-refractivity contribution < 1.29 is 4.74 Å². The lowest BCUT2D eigenvalue weighted by atomic mass is 9.52. The molecule has 1 saturated carbocycles. The number of hydrogen-bond acceptors (Lipinski definition) is 2. The molecule has 1 aromatic carbocycles. The minimum absolute atomic E-state index is 0.445. The lowest BCUT2D eigenvalue weighted by Gasteiger charge is -2.58. The van der Waals surface area contributed by atoms with Crippen LogP contribution in [0.5, 0.6) is 5.75 Å². The molecule has 1 aromatic rings. The van der Waals surface area contributed by atoms with Crippen LogP contribution in [0, 0.1) is 9.49 Å². The Bertz CT molecular complexity index is 573. The monoisotopic (exact) mass is 397 g/mol. The lowest BCUT2D eigenvalue weighted by molar-refractivity contribution is 0.00270. The summed E-state index contributed by atoms with van der Waals surface area (Å²) in [5.74, 6) is 1.94. The molecular weight excluding hydrogens is 373 g/mol. The molecule has 0 aromatic heterocycles. The molecule has 0 spiro atoms. The number of nitrogens with zero attached hydrogens (tertiary/aromatic N) is 1. The topological polar surface area (TPSA) is 12.5 Å². The summed E-state index contributed by atoms with van der Waals surface area (Å²) in [5, 5.41) is 0. The average molecular weight is 397 g/mol. The largest absolute Gasteiger partial charge is 0.496 e. The van der Waals surface area contributed by atoms with Crippen LogP contribution in [-0.2, 0) is 11.8 Å². The second-order valence-electron chi connectivity index (χ2n) is 7.15. The van der Waals surface area contributed by atoms with E-state index < -0.39 is 0 Å². The first-order chi connectivity index (χ1) is 10.2. The minimum atomic E-state index is 0.445. The van der Waals surface area contributed by atoms with Gasteiger partial charge in [0.1, 0.15) is 5.75 Å². The number of likely N-dealkylation sites (tertiary alicyclic amines) is 1. The van der Waals surface area contributed by atoms with Crippen LogP contribution in [-0.4, -0.2) is 31.6 Å². The van der Waals surface area contributed by atoms with Gasteiger partial charge in [-0.25, -0.2) is 0 Å². The van der Waals surface area contributed by atoms with Crippen LogP contribution in [0.25, 0.3) is 0 Å². The zero-order valence-electron chi connectivity index (χ0n) is 13.0. The molecule has 114 valence electrons. The van der Waals surface area contributed by atoms with E-state index in [0.717, 1.165) is 17.7 Å². The molecule has 3 heteroatoms. The van der Waals surface area contributed by atoms with Crippen molar-refractivity contribution in [1.82, 2.24) is 4.90 Å². The minimum Gasteiger partial charge on any atom is -0.496 e. The summed E-state index contributed by atoms with van der Waals surface area (Å²) < 4.78 is 6.89. The highest BCUT2D eigenvalue weighted by atomic mass is 127. The summed E-state index contributed by atoms with van der Waals surface area (Å²) in [7, 11) is 4.14. The van der Waals surface area contributed by atoms with Crippen LogP contribution in [0.4, 0.5) is 0 Å². The number of rotatable bonds is 1. The smallest absolute Gasteiger partial charge is 0.132 e. The second-order valence-corrected chi connectivity index (χ2v) is 8.32. The van der Waals surface area contributed by atoms with Gasteiger partial charge in [-0.2, -0.15) is 0 Å². The summed E-state index contributed by atoms with van der Waals surface area (Å²) >= 11 is 2.42. The second kappa shape index (κ2) is 5.12. The van der Waals surface area contributed by atoms with Gasteiger partial charge < -0.3 is 9.64 Å². The van der Waals surface area contributed by atoms with Gasteiger partial charge in [-0.3, -0.25) is 0 Å². The Morgan fingerprint density at radius 2 is 2.14 bits per heavy atom. The van der Waals surface area contributed by atoms with E-state index in [0.29, 0.717) is 5.41 Å². The fraction of sp³-hybridized carbons (Fsp3) is 0.667. The van der Waals surface area contributed by atoms with E-state index in [9.17, 15) is 0 Å². The maximum absolute atomic E-state index is 5.63. The normalized spacial score (nSPS) is 35.0. The molecule has 21 heavy (non-hydrogen) atoms. The first-order valence-corrected chi connectivity index (χ1v) is 9.31. The number of halogens is 1. The van der Waals surface area contributed by atoms with Gasteiger partial charge in [0.15, 0.2) is 0 Å². The number of fused-ring (bicyclic) bond motifs is 1. The van der Waals surface area contributed by atoms with Gasteiger partial charge in [0.05, 0.1) is 10.7 Å². The van der Waals surface area contributed by atoms with Crippen molar-refractivity contribution in [2.24, 2.45) is 5.92 Å². The molecule has 1 aliphatic heterocycles. The first kappa shape index (κ1) is 14.3. The van der Waals surface area contributed by atoms with Gasteiger partial charge in [-0.15, -0.1) is 0 Å². The Morgan fingerprint density at radius 3 is 2.95 bits per heavy atom. The number of ether oxygens (including phenoxy) is 1. The highest BCUT2D eigenvalue weighted by molar-refractivity contribution is 14.1. The molecule has 0 radical (unpaired) electrons. The quantitative estimate of drug-likeness (QED) is 0.665. The molecule has 1 unspecified atom stereocenters. The van der Waals surface area contributed by atoms with E-state index in [1.54, 1.807) is 18.2 Å². The Labute approximate surface area is 141 Å². The van der Waals surface area contributed by atoms with Crippen molar-refractivity contribution in [2.75, 3.05) is 20.7 Å². The standard InChI is InChI=1S/C18H24INO/c1-20-8-7-18-6-4-3-5-13(18)16(20)10-12-9-15(19)17(21-2)11-14(12)18/h9,11,13,16H,3-8,10H2,1-2H3/t13?,16-,18-/m0/s1. The number of piperidine rings is 1. The third-order valence-corrected chi connectivity index (χ3v) is 7.23. The summed E-state index contributed by atoms with van der Waals surface area (Å²) in [5.41, 5.74) is 3.67. The molecule has 0 N–H and O–H groups in total. The maximum atomic E-state index is 5.63. The van der Waals surface area contributed by atoms with E-state index in [1.165, 1.54) is 48.6 Å². The van der Waals surface area contributed by atoms with Gasteiger partial charge in [0, 0.05) is 11.5 Å². The van der Waals surface area contributed by atoms with Crippen LogP contribution in [0.15, 0.2) is 12.1 Å². The lowest BCUT2D eigenvalue weighted by Crippen LogP contribution is -2.59. The summed E-state index contributed by atoms with van der Waals surface area (Å²) in [6.45, 7) is 1.26. The summed E-state index contributed by atoms with van der Waals surface area (Å²) in [6, 6.07) is 5.54. The van der Waals surface area contributed by atoms with Gasteiger partial charge in [-0.05, 0) is 91.0 Å². The Hall–Kier alpha value is -0.290. The van der Waals surface area contributed by atoms with Gasteiger partial charge >= 0.3 is 0 Å². The van der Waals surface area contributed by atoms with Crippen molar-refractivity contribution in [3.8, 4) is 5.75 Å². The third kappa shape index (κ3) is 1.99. The molecule has 1 saturated heterocycles. The van der Waals surface area contributed by atoms with E-state index in [4.69, 9.17) is 4.74 Å². The van der Waals surface area contributed by atoms with Crippen molar-refractivity contribution >= 4 is 22.6 Å². The van der Waals surface area contributed by atoms with E-state index >= 15 is 0 Å². The van der Waals surface area contributed by atoms with Crippen LogP contribution >= 0.6 is 22.6 Å². The van der Waals surface area contributed by atoms with Gasteiger partial charge in [-0.1, -0.05) is 12.8 Å². The summed E-state index contributed by atoms with van der Waals surface area (Å²) in [4.78, 5) is 2.63. The molecular formula is C18H24INO. The zero-order chi connectivity index (χ0) is 14.6. The van der Waals surface area contributed by atoms with Crippen LogP contribution in [0.1, 0.15) is 43.2 Å². The van der Waals surface area contributed by atoms with E-state index in [1.807, 2.05) is 0 Å². The number of hydrogen-bond donors (Lipinski definition) is 0. The Kier molecular flexibility index (Phi) is 3.49. The zero-order valence-corrected chi connectivity index (χ0v) is 15.2. The summed E-state index contributed by atoms with van der Waals surface area (Å²) in [6.07, 6.45) is 8.20. The van der Waals surface area contributed by atoms with Gasteiger partial charge in [0.2, 0.25) is 0 Å². The SMILES string of the molecule is COc1cc2c(cc1I)C[C@H]1C3CCCC[C@@]23CCN1C. The van der Waals surface area contributed by atoms with Crippen molar-refractivity contribution in [2.45, 2.75) is 50.0 Å². The molecule has 0 amide bonds. The molecule has 2 bridgehead atoms. The van der Waals surface area contributed by atoms with Crippen LogP contribution < -0.4 is 4.74 Å². The fourth-order valence-corrected chi connectivity index (χ4v) is 6.11. The predicted molar refractivity (Wildman–Crippen MR) is 94.1 cm³/mol. The van der Waals surface area contributed by atoms with Gasteiger partial charge in [0.25, 0.3) is 0 Å². The molecule has 2 nitrogen and oxygen atoms in total. The van der Waals surface area contributed by atoms with E-state index in [2.05, 4.69) is 46.7 Å². The Balaban J connectivity index is 1.90. The number of benzene rings is 1.